The quantitative estimate of drug-likeness (QED) is 0.864. The van der Waals surface area contributed by atoms with E-state index < -0.39 is 0 Å². The molecule has 1 aromatic carbocycles. The lowest BCUT2D eigenvalue weighted by atomic mass is 10.0. The molecule has 1 aromatic heterocycles. The fraction of sp³-hybridized carbons (Fsp3) is 0.500. The van der Waals surface area contributed by atoms with Crippen LogP contribution in [0.2, 0.25) is 0 Å². The van der Waals surface area contributed by atoms with Crippen molar-refractivity contribution in [1.82, 2.24) is 15.1 Å². The summed E-state index contributed by atoms with van der Waals surface area (Å²) in [6.07, 6.45) is 3.51. The topological polar surface area (TPSA) is 68.5 Å². The summed E-state index contributed by atoms with van der Waals surface area (Å²) < 4.78 is 11.2. The molecule has 0 unspecified atom stereocenters. The molecule has 2 saturated heterocycles. The van der Waals surface area contributed by atoms with Gasteiger partial charge in [-0.3, -0.25) is 4.79 Å². The molecule has 2 aliphatic rings. The minimum Gasteiger partial charge on any atom is -0.420 e. The van der Waals surface area contributed by atoms with E-state index in [1.807, 2.05) is 29.2 Å². The van der Waals surface area contributed by atoms with Gasteiger partial charge in [0.25, 0.3) is 0 Å². The van der Waals surface area contributed by atoms with Gasteiger partial charge >= 0.3 is 0 Å². The Morgan fingerprint density at radius 3 is 2.62 bits per heavy atom. The van der Waals surface area contributed by atoms with E-state index in [2.05, 4.69) is 10.2 Å². The van der Waals surface area contributed by atoms with Crippen molar-refractivity contribution in [3.8, 4) is 11.5 Å². The highest BCUT2D eigenvalue weighted by Gasteiger charge is 2.22. The zero-order chi connectivity index (χ0) is 16.4. The number of carbonyl (C=O) groups is 1. The van der Waals surface area contributed by atoms with Crippen LogP contribution >= 0.6 is 0 Å². The average Bonchev–Trinajstić information content (AvgIpc) is 3.26. The highest BCUT2D eigenvalue weighted by molar-refractivity contribution is 5.78. The third-order valence-electron chi connectivity index (χ3n) is 4.76. The van der Waals surface area contributed by atoms with Crippen LogP contribution in [0, 0.1) is 0 Å². The highest BCUT2D eigenvalue weighted by atomic mass is 16.5. The lowest BCUT2D eigenvalue weighted by Gasteiger charge is -2.18. The maximum Gasteiger partial charge on any atom is 0.247 e. The van der Waals surface area contributed by atoms with Gasteiger partial charge in [0.1, 0.15) is 0 Å². The second-order valence-corrected chi connectivity index (χ2v) is 6.45. The smallest absolute Gasteiger partial charge is 0.247 e. The Morgan fingerprint density at radius 2 is 1.92 bits per heavy atom. The molecule has 4 rings (SSSR count). The number of ether oxygens (including phenoxy) is 1. The van der Waals surface area contributed by atoms with E-state index in [9.17, 15) is 4.79 Å². The van der Waals surface area contributed by atoms with Gasteiger partial charge < -0.3 is 14.1 Å². The minimum absolute atomic E-state index is 0.247. The summed E-state index contributed by atoms with van der Waals surface area (Å²) in [6, 6.07) is 8.02. The fourth-order valence-corrected chi connectivity index (χ4v) is 3.31. The monoisotopic (exact) mass is 327 g/mol. The molecule has 2 fully saturated rings. The zero-order valence-corrected chi connectivity index (χ0v) is 13.6. The van der Waals surface area contributed by atoms with E-state index in [4.69, 9.17) is 9.15 Å². The molecule has 0 atom stereocenters. The standard InChI is InChI=1S/C18H21N3O3/c22-16-2-1-9-21(16)12-13-3-5-14(6-4-13)17-19-20-18(24-17)15-7-10-23-11-8-15/h3-6,15H,1-2,7-12H2. The molecule has 0 bridgehead atoms. The molecule has 0 spiro atoms. The summed E-state index contributed by atoms with van der Waals surface area (Å²) in [6.45, 7) is 3.05. The van der Waals surface area contributed by atoms with Crippen LogP contribution in [0.25, 0.3) is 11.5 Å². The molecule has 0 radical (unpaired) electrons. The maximum absolute atomic E-state index is 11.7. The average molecular weight is 327 g/mol. The highest BCUT2D eigenvalue weighted by Crippen LogP contribution is 2.28. The summed E-state index contributed by atoms with van der Waals surface area (Å²) in [4.78, 5) is 13.6. The maximum atomic E-state index is 11.7. The second-order valence-electron chi connectivity index (χ2n) is 6.45. The summed E-state index contributed by atoms with van der Waals surface area (Å²) in [5.74, 6) is 1.82. The molecule has 0 N–H and O–H groups in total. The lowest BCUT2D eigenvalue weighted by molar-refractivity contribution is -0.128. The van der Waals surface area contributed by atoms with E-state index in [1.165, 1.54) is 0 Å². The molecule has 1 amide bonds. The third-order valence-corrected chi connectivity index (χ3v) is 4.76. The molecule has 24 heavy (non-hydrogen) atoms. The largest absolute Gasteiger partial charge is 0.420 e. The van der Waals surface area contributed by atoms with Gasteiger partial charge in [-0.2, -0.15) is 0 Å². The predicted octanol–water partition coefficient (Wildman–Crippen LogP) is 2.75. The third kappa shape index (κ3) is 3.19. The summed E-state index contributed by atoms with van der Waals surface area (Å²) in [5.41, 5.74) is 2.04. The number of hydrogen-bond acceptors (Lipinski definition) is 5. The fourth-order valence-electron chi connectivity index (χ4n) is 3.31. The molecule has 126 valence electrons. The van der Waals surface area contributed by atoms with Crippen LogP contribution in [0.15, 0.2) is 28.7 Å². The van der Waals surface area contributed by atoms with Crippen molar-refractivity contribution < 1.29 is 13.9 Å². The number of aromatic nitrogens is 2. The van der Waals surface area contributed by atoms with Gasteiger partial charge in [-0.1, -0.05) is 12.1 Å². The van der Waals surface area contributed by atoms with Crippen molar-refractivity contribution in [2.75, 3.05) is 19.8 Å². The Bertz CT molecular complexity index is 705. The van der Waals surface area contributed by atoms with E-state index in [0.717, 1.165) is 50.1 Å². The summed E-state index contributed by atoms with van der Waals surface area (Å²) in [7, 11) is 0. The summed E-state index contributed by atoms with van der Waals surface area (Å²) in [5, 5.41) is 8.39. The van der Waals surface area contributed by atoms with Gasteiger partial charge in [0, 0.05) is 44.2 Å². The van der Waals surface area contributed by atoms with E-state index in [1.54, 1.807) is 0 Å². The molecule has 3 heterocycles. The number of amides is 1. The van der Waals surface area contributed by atoms with Gasteiger partial charge in [0.2, 0.25) is 17.7 Å². The van der Waals surface area contributed by atoms with Crippen molar-refractivity contribution in [3.63, 3.8) is 0 Å². The number of likely N-dealkylation sites (tertiary alicyclic amines) is 1. The van der Waals surface area contributed by atoms with E-state index >= 15 is 0 Å². The Morgan fingerprint density at radius 1 is 1.12 bits per heavy atom. The van der Waals surface area contributed by atoms with Crippen LogP contribution in [0.1, 0.15) is 43.1 Å². The number of rotatable bonds is 4. The molecule has 6 heteroatoms. The van der Waals surface area contributed by atoms with Crippen molar-refractivity contribution in [3.05, 3.63) is 35.7 Å². The predicted molar refractivity (Wildman–Crippen MR) is 87.2 cm³/mol. The Balaban J connectivity index is 1.44. The molecule has 6 nitrogen and oxygen atoms in total. The molecular formula is C18H21N3O3. The van der Waals surface area contributed by atoms with Crippen LogP contribution in [-0.4, -0.2) is 40.8 Å². The van der Waals surface area contributed by atoms with Gasteiger partial charge in [0.15, 0.2) is 0 Å². The Kier molecular flexibility index (Phi) is 4.30. The van der Waals surface area contributed by atoms with E-state index in [0.29, 0.717) is 30.7 Å². The Hall–Kier alpha value is -2.21. The molecule has 0 saturated carbocycles. The SMILES string of the molecule is O=C1CCCN1Cc1ccc(-c2nnc(C3CCOCC3)o2)cc1. The van der Waals surface area contributed by atoms with Crippen LogP contribution in [0.3, 0.4) is 0 Å². The lowest BCUT2D eigenvalue weighted by Crippen LogP contribution is -2.23. The number of carbonyl (C=O) groups excluding carboxylic acids is 1. The van der Waals surface area contributed by atoms with Crippen LogP contribution < -0.4 is 0 Å². The van der Waals surface area contributed by atoms with Crippen molar-refractivity contribution in [2.24, 2.45) is 0 Å². The second kappa shape index (κ2) is 6.73. The molecule has 0 aliphatic carbocycles. The number of benzene rings is 1. The normalized spacial score (nSPS) is 19.2. The van der Waals surface area contributed by atoms with Crippen molar-refractivity contribution in [1.29, 1.82) is 0 Å². The van der Waals surface area contributed by atoms with Gasteiger partial charge in [0.05, 0.1) is 0 Å². The first-order valence-corrected chi connectivity index (χ1v) is 8.58. The number of hydrogen-bond donors (Lipinski definition) is 0. The van der Waals surface area contributed by atoms with Crippen molar-refractivity contribution >= 4 is 5.91 Å². The Labute approximate surface area is 140 Å². The van der Waals surface area contributed by atoms with Gasteiger partial charge in [-0.15, -0.1) is 10.2 Å². The zero-order valence-electron chi connectivity index (χ0n) is 13.6. The molecular weight excluding hydrogens is 306 g/mol. The first-order valence-electron chi connectivity index (χ1n) is 8.58. The van der Waals surface area contributed by atoms with E-state index in [-0.39, 0.29) is 5.91 Å². The van der Waals surface area contributed by atoms with Crippen molar-refractivity contribution in [2.45, 2.75) is 38.1 Å². The number of nitrogens with zero attached hydrogens (tertiary/aromatic N) is 3. The molecule has 2 aliphatic heterocycles. The first-order chi connectivity index (χ1) is 11.8. The first kappa shape index (κ1) is 15.3. The van der Waals surface area contributed by atoms with Crippen LogP contribution in [-0.2, 0) is 16.1 Å². The van der Waals surface area contributed by atoms with Crippen LogP contribution in [0.5, 0.6) is 0 Å². The van der Waals surface area contributed by atoms with Crippen LogP contribution in [0.4, 0.5) is 0 Å². The van der Waals surface area contributed by atoms with Gasteiger partial charge in [-0.05, 0) is 37.0 Å². The minimum atomic E-state index is 0.247. The summed E-state index contributed by atoms with van der Waals surface area (Å²) >= 11 is 0. The molecule has 2 aromatic rings. The van der Waals surface area contributed by atoms with Gasteiger partial charge in [-0.25, -0.2) is 0 Å².